The van der Waals surface area contributed by atoms with Gasteiger partial charge in [0.25, 0.3) is 0 Å². The third-order valence-electron chi connectivity index (χ3n) is 4.37. The maximum Gasteiger partial charge on any atom is 0.246 e. The van der Waals surface area contributed by atoms with Gasteiger partial charge in [-0.1, -0.05) is 34.1 Å². The molecule has 2 unspecified atom stereocenters. The van der Waals surface area contributed by atoms with Gasteiger partial charge < -0.3 is 10.2 Å². The Morgan fingerprint density at radius 2 is 1.84 bits per heavy atom. The lowest BCUT2D eigenvalue weighted by Crippen LogP contribution is -2.70. The van der Waals surface area contributed by atoms with Crippen LogP contribution in [0.15, 0.2) is 0 Å². The van der Waals surface area contributed by atoms with Crippen LogP contribution in [0.4, 0.5) is 0 Å². The van der Waals surface area contributed by atoms with Gasteiger partial charge in [0.2, 0.25) is 11.8 Å². The lowest BCUT2D eigenvalue weighted by atomic mass is 9.85. The molecular formula is C15H28N2O2. The highest BCUT2D eigenvalue weighted by Crippen LogP contribution is 2.30. The molecule has 0 aromatic rings. The fourth-order valence-corrected chi connectivity index (χ4v) is 3.07. The quantitative estimate of drug-likeness (QED) is 0.803. The zero-order valence-electron chi connectivity index (χ0n) is 13.0. The largest absolute Gasteiger partial charge is 0.343 e. The first kappa shape index (κ1) is 16.0. The lowest BCUT2D eigenvalue weighted by Gasteiger charge is -2.48. The van der Waals surface area contributed by atoms with Crippen molar-refractivity contribution in [1.29, 1.82) is 0 Å². The first-order valence-electron chi connectivity index (χ1n) is 7.55. The van der Waals surface area contributed by atoms with Gasteiger partial charge in [-0.15, -0.1) is 0 Å². The first-order chi connectivity index (χ1) is 8.92. The number of amides is 2. The van der Waals surface area contributed by atoms with Gasteiger partial charge in [-0.3, -0.25) is 9.59 Å². The van der Waals surface area contributed by atoms with Crippen molar-refractivity contribution in [2.45, 2.75) is 71.9 Å². The van der Waals surface area contributed by atoms with Crippen LogP contribution in [0.25, 0.3) is 0 Å². The zero-order chi connectivity index (χ0) is 14.6. The summed E-state index contributed by atoms with van der Waals surface area (Å²) in [6.07, 6.45) is 3.54. The van der Waals surface area contributed by atoms with Gasteiger partial charge in [0.1, 0.15) is 11.6 Å². The van der Waals surface area contributed by atoms with Crippen LogP contribution in [-0.2, 0) is 9.59 Å². The molecule has 1 rings (SSSR count). The molecule has 2 amide bonds. The Morgan fingerprint density at radius 3 is 2.32 bits per heavy atom. The van der Waals surface area contributed by atoms with Gasteiger partial charge in [0.15, 0.2) is 0 Å². The van der Waals surface area contributed by atoms with Crippen molar-refractivity contribution in [3.05, 3.63) is 0 Å². The monoisotopic (exact) mass is 268 g/mol. The molecule has 0 aliphatic carbocycles. The van der Waals surface area contributed by atoms with Crippen LogP contribution in [-0.4, -0.2) is 34.8 Å². The minimum Gasteiger partial charge on any atom is -0.343 e. The number of rotatable bonds is 6. The van der Waals surface area contributed by atoms with E-state index in [2.05, 4.69) is 19.2 Å². The fraction of sp³-hybridized carbons (Fsp3) is 0.867. The third kappa shape index (κ3) is 2.93. The maximum absolute atomic E-state index is 12.5. The molecule has 0 saturated carbocycles. The van der Waals surface area contributed by atoms with Crippen LogP contribution < -0.4 is 5.32 Å². The van der Waals surface area contributed by atoms with Crippen LogP contribution in [0.5, 0.6) is 0 Å². The molecule has 1 fully saturated rings. The maximum atomic E-state index is 12.5. The average Bonchev–Trinajstić information content (AvgIpc) is 2.37. The number of nitrogens with one attached hydrogen (secondary N) is 1. The van der Waals surface area contributed by atoms with E-state index in [9.17, 15) is 9.59 Å². The summed E-state index contributed by atoms with van der Waals surface area (Å²) >= 11 is 0. The molecule has 0 aromatic carbocycles. The molecule has 19 heavy (non-hydrogen) atoms. The Morgan fingerprint density at radius 1 is 1.26 bits per heavy atom. The molecule has 1 saturated heterocycles. The highest BCUT2D eigenvalue weighted by molar-refractivity contribution is 5.99. The number of carbonyl (C=O) groups is 2. The lowest BCUT2D eigenvalue weighted by molar-refractivity contribution is -0.158. The van der Waals surface area contributed by atoms with Crippen molar-refractivity contribution in [3.8, 4) is 0 Å². The highest BCUT2D eigenvalue weighted by atomic mass is 16.2. The normalized spacial score (nSPS) is 24.3. The molecule has 4 heteroatoms. The smallest absolute Gasteiger partial charge is 0.246 e. The Kier molecular flexibility index (Phi) is 5.39. The van der Waals surface area contributed by atoms with Crippen molar-refractivity contribution in [1.82, 2.24) is 10.2 Å². The number of hydrogen-bond acceptors (Lipinski definition) is 2. The first-order valence-corrected chi connectivity index (χ1v) is 7.55. The molecule has 0 bridgehead atoms. The molecule has 110 valence electrons. The molecule has 1 aliphatic heterocycles. The van der Waals surface area contributed by atoms with Gasteiger partial charge in [0, 0.05) is 6.54 Å². The summed E-state index contributed by atoms with van der Waals surface area (Å²) in [6.45, 7) is 10.7. The van der Waals surface area contributed by atoms with Crippen molar-refractivity contribution in [2.75, 3.05) is 6.54 Å². The number of carbonyl (C=O) groups excluding carboxylic acids is 2. The van der Waals surface area contributed by atoms with E-state index in [1.807, 2.05) is 18.7 Å². The van der Waals surface area contributed by atoms with Crippen molar-refractivity contribution in [2.24, 2.45) is 5.92 Å². The van der Waals surface area contributed by atoms with E-state index in [0.717, 1.165) is 12.8 Å². The Bertz CT molecular complexity index is 337. The van der Waals surface area contributed by atoms with E-state index < -0.39 is 11.6 Å². The topological polar surface area (TPSA) is 49.4 Å². The summed E-state index contributed by atoms with van der Waals surface area (Å²) in [5, 5.41) is 2.83. The Hall–Kier alpha value is -1.06. The second kappa shape index (κ2) is 6.40. The molecule has 0 spiro atoms. The number of nitrogens with zero attached hydrogens (tertiary/aromatic N) is 1. The van der Waals surface area contributed by atoms with Gasteiger partial charge in [0.05, 0.1) is 0 Å². The molecule has 1 heterocycles. The fourth-order valence-electron chi connectivity index (χ4n) is 3.07. The standard InChI is InChI=1S/C15H28N2O2/c1-6-9-11(4)10-17-13(18)12(5)16-14(19)15(17,7-2)8-3/h11-12H,6-10H2,1-5H3,(H,16,19). The van der Waals surface area contributed by atoms with Gasteiger partial charge >= 0.3 is 0 Å². The summed E-state index contributed by atoms with van der Waals surface area (Å²) in [4.78, 5) is 26.7. The van der Waals surface area contributed by atoms with Crippen molar-refractivity contribution in [3.63, 3.8) is 0 Å². The highest BCUT2D eigenvalue weighted by Gasteiger charge is 2.49. The molecule has 0 radical (unpaired) electrons. The predicted molar refractivity (Wildman–Crippen MR) is 76.7 cm³/mol. The van der Waals surface area contributed by atoms with E-state index in [-0.39, 0.29) is 11.8 Å². The second-order valence-electron chi connectivity index (χ2n) is 5.78. The van der Waals surface area contributed by atoms with E-state index in [1.54, 1.807) is 6.92 Å². The van der Waals surface area contributed by atoms with Gasteiger partial charge in [-0.05, 0) is 32.1 Å². The molecule has 2 atom stereocenters. The van der Waals surface area contributed by atoms with Crippen LogP contribution in [0.1, 0.15) is 60.3 Å². The van der Waals surface area contributed by atoms with Gasteiger partial charge in [-0.2, -0.15) is 0 Å². The summed E-state index contributed by atoms with van der Waals surface area (Å²) in [6, 6.07) is -0.396. The predicted octanol–water partition coefficient (Wildman–Crippen LogP) is 2.33. The van der Waals surface area contributed by atoms with Gasteiger partial charge in [-0.25, -0.2) is 0 Å². The van der Waals surface area contributed by atoms with Crippen LogP contribution in [0.3, 0.4) is 0 Å². The molecule has 4 nitrogen and oxygen atoms in total. The summed E-state index contributed by atoms with van der Waals surface area (Å²) in [5.41, 5.74) is -0.647. The Labute approximate surface area is 116 Å². The molecule has 1 N–H and O–H groups in total. The average molecular weight is 268 g/mol. The Balaban J connectivity index is 3.02. The van der Waals surface area contributed by atoms with Crippen molar-refractivity contribution < 1.29 is 9.59 Å². The van der Waals surface area contributed by atoms with E-state index in [1.165, 1.54) is 0 Å². The molecule has 1 aliphatic rings. The van der Waals surface area contributed by atoms with E-state index in [0.29, 0.717) is 25.3 Å². The van der Waals surface area contributed by atoms with Crippen LogP contribution in [0.2, 0.25) is 0 Å². The second-order valence-corrected chi connectivity index (χ2v) is 5.78. The zero-order valence-corrected chi connectivity index (χ0v) is 13.0. The minimum atomic E-state index is -0.647. The van der Waals surface area contributed by atoms with Crippen molar-refractivity contribution >= 4 is 11.8 Å². The van der Waals surface area contributed by atoms with Crippen LogP contribution in [0, 0.1) is 5.92 Å². The molecule has 0 aromatic heterocycles. The third-order valence-corrected chi connectivity index (χ3v) is 4.37. The molecular weight excluding hydrogens is 240 g/mol. The van der Waals surface area contributed by atoms with E-state index >= 15 is 0 Å². The SMILES string of the molecule is CCCC(C)CN1C(=O)C(C)NC(=O)C1(CC)CC. The number of hydrogen-bond donors (Lipinski definition) is 1. The van der Waals surface area contributed by atoms with Crippen LogP contribution >= 0.6 is 0 Å². The summed E-state index contributed by atoms with van der Waals surface area (Å²) in [5.74, 6) is 0.504. The summed E-state index contributed by atoms with van der Waals surface area (Å²) < 4.78 is 0. The minimum absolute atomic E-state index is 0.00768. The summed E-state index contributed by atoms with van der Waals surface area (Å²) in [7, 11) is 0. The number of piperazine rings is 1. The van der Waals surface area contributed by atoms with E-state index in [4.69, 9.17) is 0 Å².